The second-order valence-electron chi connectivity index (χ2n) is 8.07. The van der Waals surface area contributed by atoms with Crippen LogP contribution in [0, 0.1) is 13.8 Å². The summed E-state index contributed by atoms with van der Waals surface area (Å²) in [5.74, 6) is 1.34. The number of aromatic nitrogens is 2. The summed E-state index contributed by atoms with van der Waals surface area (Å²) in [5.41, 5.74) is 4.14. The van der Waals surface area contributed by atoms with Crippen LogP contribution in [-0.4, -0.2) is 48.9 Å². The summed E-state index contributed by atoms with van der Waals surface area (Å²) in [4.78, 5) is 11.6. The third kappa shape index (κ3) is 4.92. The molecule has 3 aromatic rings. The van der Waals surface area contributed by atoms with E-state index in [-0.39, 0.29) is 0 Å². The molecule has 7 nitrogen and oxygen atoms in total. The van der Waals surface area contributed by atoms with Crippen molar-refractivity contribution in [2.75, 3.05) is 36.4 Å². The molecule has 0 amide bonds. The monoisotopic (exact) mass is 451 g/mol. The van der Waals surface area contributed by atoms with Gasteiger partial charge in [0.15, 0.2) is 0 Å². The number of hydrogen-bond acceptors (Lipinski definition) is 6. The number of benzene rings is 2. The van der Waals surface area contributed by atoms with E-state index in [9.17, 15) is 8.42 Å². The topological polar surface area (TPSA) is 78.4 Å². The van der Waals surface area contributed by atoms with Gasteiger partial charge < -0.3 is 10.2 Å². The van der Waals surface area contributed by atoms with Gasteiger partial charge in [-0.1, -0.05) is 36.8 Å². The minimum Gasteiger partial charge on any atom is -0.340 e. The highest BCUT2D eigenvalue weighted by Crippen LogP contribution is 2.22. The standard InChI is InChI=1S/C24H29N5O2S/c1-4-20-7-11-22(12-8-20)32(30,31)29-15-13-28(14-16-29)24-25-19(3)17-23(27-24)26-21-9-5-18(2)6-10-21/h5-12,17H,4,13-16H2,1-3H3,(H,25,26,27). The minimum atomic E-state index is -3.50. The van der Waals surface area contributed by atoms with Crippen LogP contribution < -0.4 is 10.2 Å². The Morgan fingerprint density at radius 3 is 2.19 bits per heavy atom. The second kappa shape index (κ2) is 9.26. The Balaban J connectivity index is 1.45. The molecule has 1 aliphatic rings. The average Bonchev–Trinajstić information content (AvgIpc) is 2.80. The maximum atomic E-state index is 13.0. The molecule has 1 aromatic heterocycles. The molecule has 2 heterocycles. The molecular weight excluding hydrogens is 422 g/mol. The highest BCUT2D eigenvalue weighted by molar-refractivity contribution is 7.89. The first kappa shape index (κ1) is 22.2. The largest absolute Gasteiger partial charge is 0.340 e. The Hall–Kier alpha value is -2.97. The van der Waals surface area contributed by atoms with E-state index in [0.717, 1.165) is 29.2 Å². The summed E-state index contributed by atoms with van der Waals surface area (Å²) >= 11 is 0. The lowest BCUT2D eigenvalue weighted by molar-refractivity contribution is 0.382. The van der Waals surface area contributed by atoms with Crippen molar-refractivity contribution in [1.29, 1.82) is 0 Å². The van der Waals surface area contributed by atoms with Gasteiger partial charge in [-0.2, -0.15) is 9.29 Å². The van der Waals surface area contributed by atoms with Gasteiger partial charge in [0.1, 0.15) is 5.82 Å². The molecule has 0 bridgehead atoms. The molecule has 0 aliphatic carbocycles. The third-order valence-electron chi connectivity index (χ3n) is 5.66. The zero-order valence-electron chi connectivity index (χ0n) is 18.7. The van der Waals surface area contributed by atoms with Crippen LogP contribution in [0.3, 0.4) is 0 Å². The van der Waals surface area contributed by atoms with Crippen LogP contribution >= 0.6 is 0 Å². The number of nitrogens with one attached hydrogen (secondary N) is 1. The van der Waals surface area contributed by atoms with Crippen molar-refractivity contribution < 1.29 is 8.42 Å². The van der Waals surface area contributed by atoms with Crippen molar-refractivity contribution in [2.24, 2.45) is 0 Å². The van der Waals surface area contributed by atoms with E-state index < -0.39 is 10.0 Å². The zero-order chi connectivity index (χ0) is 22.7. The molecule has 8 heteroatoms. The Bertz CT molecular complexity index is 1170. The summed E-state index contributed by atoms with van der Waals surface area (Å²) in [6.07, 6.45) is 0.885. The van der Waals surface area contributed by atoms with Crippen molar-refractivity contribution in [3.63, 3.8) is 0 Å². The molecule has 0 saturated carbocycles. The predicted molar refractivity (Wildman–Crippen MR) is 128 cm³/mol. The van der Waals surface area contributed by atoms with Gasteiger partial charge in [-0.15, -0.1) is 0 Å². The maximum Gasteiger partial charge on any atom is 0.243 e. The Kier molecular flexibility index (Phi) is 6.43. The van der Waals surface area contributed by atoms with E-state index in [0.29, 0.717) is 37.0 Å². The predicted octanol–water partition coefficient (Wildman–Crippen LogP) is 3.91. The van der Waals surface area contributed by atoms with Gasteiger partial charge >= 0.3 is 0 Å². The van der Waals surface area contributed by atoms with Crippen molar-refractivity contribution in [3.05, 3.63) is 71.4 Å². The SMILES string of the molecule is CCc1ccc(S(=O)(=O)N2CCN(c3nc(C)cc(Nc4ccc(C)cc4)n3)CC2)cc1. The van der Waals surface area contributed by atoms with Crippen LogP contribution in [0.2, 0.25) is 0 Å². The number of nitrogens with zero attached hydrogens (tertiary/aromatic N) is 4. The minimum absolute atomic E-state index is 0.347. The molecular formula is C24H29N5O2S. The molecule has 0 spiro atoms. The molecule has 2 aromatic carbocycles. The molecule has 0 radical (unpaired) electrons. The van der Waals surface area contributed by atoms with Crippen LogP contribution in [0.25, 0.3) is 0 Å². The third-order valence-corrected chi connectivity index (χ3v) is 7.57. The lowest BCUT2D eigenvalue weighted by Gasteiger charge is -2.34. The van der Waals surface area contributed by atoms with Crippen molar-refractivity contribution in [2.45, 2.75) is 32.1 Å². The summed E-state index contributed by atoms with van der Waals surface area (Å²) in [6, 6.07) is 17.2. The highest BCUT2D eigenvalue weighted by atomic mass is 32.2. The summed E-state index contributed by atoms with van der Waals surface area (Å²) in [6.45, 7) is 7.92. The van der Waals surface area contributed by atoms with E-state index >= 15 is 0 Å². The Labute approximate surface area is 190 Å². The smallest absolute Gasteiger partial charge is 0.243 e. The molecule has 1 N–H and O–H groups in total. The van der Waals surface area contributed by atoms with Crippen LogP contribution in [0.5, 0.6) is 0 Å². The van der Waals surface area contributed by atoms with Crippen LogP contribution in [0.15, 0.2) is 59.5 Å². The fourth-order valence-corrected chi connectivity index (χ4v) is 5.14. The number of aryl methyl sites for hydroxylation is 3. The second-order valence-corrected chi connectivity index (χ2v) is 10.0. The quantitative estimate of drug-likeness (QED) is 0.612. The number of rotatable bonds is 6. The van der Waals surface area contributed by atoms with Crippen LogP contribution in [0.1, 0.15) is 23.7 Å². The van der Waals surface area contributed by atoms with E-state index in [1.807, 2.05) is 54.3 Å². The van der Waals surface area contributed by atoms with Gasteiger partial charge in [0.25, 0.3) is 0 Å². The van der Waals surface area contributed by atoms with Gasteiger partial charge in [-0.25, -0.2) is 13.4 Å². The normalized spacial score (nSPS) is 15.0. The van der Waals surface area contributed by atoms with E-state index in [2.05, 4.69) is 29.1 Å². The Morgan fingerprint density at radius 1 is 0.906 bits per heavy atom. The van der Waals surface area contributed by atoms with Crippen molar-refractivity contribution >= 4 is 27.5 Å². The summed E-state index contributed by atoms with van der Waals surface area (Å²) in [7, 11) is -3.50. The number of sulfonamides is 1. The molecule has 32 heavy (non-hydrogen) atoms. The van der Waals surface area contributed by atoms with E-state index in [4.69, 9.17) is 0 Å². The van der Waals surface area contributed by atoms with Crippen LogP contribution in [0.4, 0.5) is 17.5 Å². The van der Waals surface area contributed by atoms with E-state index in [1.165, 1.54) is 5.56 Å². The fourth-order valence-electron chi connectivity index (χ4n) is 3.72. The van der Waals surface area contributed by atoms with Gasteiger partial charge in [0, 0.05) is 43.6 Å². The number of hydrogen-bond donors (Lipinski definition) is 1. The first-order chi connectivity index (χ1) is 15.3. The molecule has 1 fully saturated rings. The molecule has 0 unspecified atom stereocenters. The fraction of sp³-hybridized carbons (Fsp3) is 0.333. The molecule has 1 aliphatic heterocycles. The lowest BCUT2D eigenvalue weighted by atomic mass is 10.2. The van der Waals surface area contributed by atoms with Gasteiger partial charge in [0.2, 0.25) is 16.0 Å². The van der Waals surface area contributed by atoms with Gasteiger partial charge in [-0.3, -0.25) is 0 Å². The molecule has 4 rings (SSSR count). The Morgan fingerprint density at radius 2 is 1.56 bits per heavy atom. The van der Waals surface area contributed by atoms with Gasteiger partial charge in [0.05, 0.1) is 4.90 Å². The maximum absolute atomic E-state index is 13.0. The van der Waals surface area contributed by atoms with E-state index in [1.54, 1.807) is 16.4 Å². The number of piperazine rings is 1. The highest BCUT2D eigenvalue weighted by Gasteiger charge is 2.29. The average molecular weight is 452 g/mol. The molecule has 168 valence electrons. The lowest BCUT2D eigenvalue weighted by Crippen LogP contribution is -2.49. The van der Waals surface area contributed by atoms with Crippen molar-refractivity contribution in [1.82, 2.24) is 14.3 Å². The number of anilines is 3. The van der Waals surface area contributed by atoms with Gasteiger partial charge in [-0.05, 0) is 50.1 Å². The summed E-state index contributed by atoms with van der Waals surface area (Å²) < 4.78 is 27.6. The first-order valence-corrected chi connectivity index (χ1v) is 12.3. The van der Waals surface area contributed by atoms with Crippen molar-refractivity contribution in [3.8, 4) is 0 Å². The first-order valence-electron chi connectivity index (χ1n) is 10.9. The van der Waals surface area contributed by atoms with Crippen LogP contribution in [-0.2, 0) is 16.4 Å². The zero-order valence-corrected chi connectivity index (χ0v) is 19.6. The molecule has 0 atom stereocenters. The summed E-state index contributed by atoms with van der Waals surface area (Å²) in [5, 5.41) is 3.33. The molecule has 1 saturated heterocycles.